The Balaban J connectivity index is 1.95. The second-order valence-corrected chi connectivity index (χ2v) is 6.93. The monoisotopic (exact) mass is 386 g/mol. The van der Waals surface area contributed by atoms with Crippen LogP contribution in [0.5, 0.6) is 0 Å². The van der Waals surface area contributed by atoms with Gasteiger partial charge in [0.25, 0.3) is 0 Å². The van der Waals surface area contributed by atoms with Gasteiger partial charge in [0.2, 0.25) is 0 Å². The molecule has 6 nitrogen and oxygen atoms in total. The summed E-state index contributed by atoms with van der Waals surface area (Å²) in [5.74, 6) is 0.866. The van der Waals surface area contributed by atoms with Gasteiger partial charge in [0.1, 0.15) is 0 Å². The van der Waals surface area contributed by atoms with Crippen molar-refractivity contribution in [1.82, 2.24) is 14.8 Å². The molecular formula is C16H27BrN4O2. The summed E-state index contributed by atoms with van der Waals surface area (Å²) in [4.78, 5) is 6.51. The van der Waals surface area contributed by atoms with Crippen LogP contribution in [0.15, 0.2) is 21.7 Å². The van der Waals surface area contributed by atoms with Crippen molar-refractivity contribution >= 4 is 21.9 Å². The van der Waals surface area contributed by atoms with Crippen molar-refractivity contribution in [2.75, 3.05) is 41.0 Å². The lowest BCUT2D eigenvalue weighted by atomic mass is 9.94. The topological polar surface area (TPSA) is 51.0 Å². The van der Waals surface area contributed by atoms with Crippen LogP contribution in [0.2, 0.25) is 0 Å². The molecule has 1 aliphatic heterocycles. The molecule has 0 spiro atoms. The predicted octanol–water partition coefficient (Wildman–Crippen LogP) is 1.99. The van der Waals surface area contributed by atoms with Crippen molar-refractivity contribution in [3.8, 4) is 0 Å². The normalized spacial score (nSPS) is 18.0. The summed E-state index contributed by atoms with van der Waals surface area (Å²) >= 11 is 3.51. The van der Waals surface area contributed by atoms with E-state index in [0.29, 0.717) is 0 Å². The van der Waals surface area contributed by atoms with Gasteiger partial charge in [0, 0.05) is 77.2 Å². The maximum Gasteiger partial charge on any atom is 0.193 e. The number of aryl methyl sites for hydroxylation is 1. The van der Waals surface area contributed by atoms with Crippen LogP contribution in [-0.4, -0.2) is 62.0 Å². The van der Waals surface area contributed by atoms with Gasteiger partial charge in [-0.25, -0.2) is 0 Å². The molecule has 0 unspecified atom stereocenters. The molecular weight excluding hydrogens is 360 g/mol. The van der Waals surface area contributed by atoms with Gasteiger partial charge in [0.05, 0.1) is 12.1 Å². The summed E-state index contributed by atoms with van der Waals surface area (Å²) in [6.45, 7) is 3.02. The maximum absolute atomic E-state index is 5.77. The summed E-state index contributed by atoms with van der Waals surface area (Å²) in [5, 5.41) is 3.45. The van der Waals surface area contributed by atoms with Crippen LogP contribution in [0.4, 0.5) is 0 Å². The van der Waals surface area contributed by atoms with Crippen molar-refractivity contribution in [2.24, 2.45) is 12.0 Å². The summed E-state index contributed by atoms with van der Waals surface area (Å²) in [7, 11) is 7.68. The first-order valence-electron chi connectivity index (χ1n) is 7.85. The molecule has 0 atom stereocenters. The molecule has 0 aliphatic carbocycles. The van der Waals surface area contributed by atoms with Gasteiger partial charge in [-0.1, -0.05) is 0 Å². The van der Waals surface area contributed by atoms with Crippen LogP contribution in [-0.2, 0) is 23.1 Å². The second-order valence-electron chi connectivity index (χ2n) is 6.02. The fourth-order valence-corrected chi connectivity index (χ4v) is 3.43. The zero-order chi connectivity index (χ0) is 16.9. The van der Waals surface area contributed by atoms with E-state index >= 15 is 0 Å². The first-order valence-corrected chi connectivity index (χ1v) is 8.64. The molecule has 1 aliphatic rings. The van der Waals surface area contributed by atoms with Gasteiger partial charge in [-0.05, 0) is 22.0 Å². The molecule has 130 valence electrons. The predicted molar refractivity (Wildman–Crippen MR) is 95.7 cm³/mol. The standard InChI is InChI=1S/C16H27BrN4O2/c1-18-15(19-12-16(22-4)5-7-23-8-6-16)21(3)11-14-9-13(17)10-20(14)2/h9-10H,5-8,11-12H2,1-4H3,(H,18,19). The fourth-order valence-electron chi connectivity index (χ4n) is 2.86. The number of aliphatic imine (C=N–C) groups is 1. The van der Waals surface area contributed by atoms with Crippen LogP contribution >= 0.6 is 15.9 Å². The molecule has 1 aromatic heterocycles. The number of hydrogen-bond acceptors (Lipinski definition) is 3. The maximum atomic E-state index is 5.77. The lowest BCUT2D eigenvalue weighted by molar-refractivity contribution is -0.0857. The van der Waals surface area contributed by atoms with E-state index in [1.807, 2.05) is 21.1 Å². The van der Waals surface area contributed by atoms with Crippen molar-refractivity contribution in [1.29, 1.82) is 0 Å². The summed E-state index contributed by atoms with van der Waals surface area (Å²) in [6.07, 6.45) is 3.87. The molecule has 1 fully saturated rings. The van der Waals surface area contributed by atoms with Gasteiger partial charge < -0.3 is 24.3 Å². The highest BCUT2D eigenvalue weighted by Crippen LogP contribution is 2.23. The van der Waals surface area contributed by atoms with Crippen LogP contribution in [0, 0.1) is 0 Å². The van der Waals surface area contributed by atoms with Gasteiger partial charge >= 0.3 is 0 Å². The summed E-state index contributed by atoms with van der Waals surface area (Å²) in [6, 6.07) is 2.12. The molecule has 0 aromatic carbocycles. The molecule has 0 saturated carbocycles. The number of methoxy groups -OCH3 is 1. The Morgan fingerprint density at radius 3 is 2.74 bits per heavy atom. The minimum absolute atomic E-state index is 0.164. The first-order chi connectivity index (χ1) is 11.0. The molecule has 0 radical (unpaired) electrons. The molecule has 1 aromatic rings. The number of aromatic nitrogens is 1. The molecule has 2 heterocycles. The Labute approximate surface area is 147 Å². The van der Waals surface area contributed by atoms with Crippen molar-refractivity contribution in [2.45, 2.75) is 25.0 Å². The van der Waals surface area contributed by atoms with Crippen LogP contribution in [0.3, 0.4) is 0 Å². The van der Waals surface area contributed by atoms with Crippen molar-refractivity contribution in [3.05, 3.63) is 22.4 Å². The third kappa shape index (κ3) is 4.71. The van der Waals surface area contributed by atoms with E-state index in [1.165, 1.54) is 5.69 Å². The Kier molecular flexibility index (Phi) is 6.50. The van der Waals surface area contributed by atoms with E-state index in [9.17, 15) is 0 Å². The van der Waals surface area contributed by atoms with E-state index < -0.39 is 0 Å². The SMILES string of the molecule is CN=C(NCC1(OC)CCOCC1)N(C)Cc1cc(Br)cn1C. The zero-order valence-corrected chi connectivity index (χ0v) is 16.0. The Morgan fingerprint density at radius 2 is 2.22 bits per heavy atom. The largest absolute Gasteiger partial charge is 0.381 e. The Hall–Kier alpha value is -1.05. The fraction of sp³-hybridized carbons (Fsp3) is 0.688. The smallest absolute Gasteiger partial charge is 0.193 e. The minimum Gasteiger partial charge on any atom is -0.381 e. The summed E-state index contributed by atoms with van der Waals surface area (Å²) in [5.41, 5.74) is 1.05. The van der Waals surface area contributed by atoms with E-state index in [4.69, 9.17) is 9.47 Å². The van der Waals surface area contributed by atoms with Crippen LogP contribution in [0.1, 0.15) is 18.5 Å². The molecule has 2 rings (SSSR count). The average molecular weight is 387 g/mol. The third-order valence-electron chi connectivity index (χ3n) is 4.45. The number of ether oxygens (including phenoxy) is 2. The quantitative estimate of drug-likeness (QED) is 0.620. The second kappa shape index (κ2) is 8.17. The van der Waals surface area contributed by atoms with Gasteiger partial charge in [-0.2, -0.15) is 0 Å². The van der Waals surface area contributed by atoms with E-state index in [1.54, 1.807) is 7.11 Å². The molecule has 23 heavy (non-hydrogen) atoms. The summed E-state index contributed by atoms with van der Waals surface area (Å²) < 4.78 is 14.4. The highest BCUT2D eigenvalue weighted by Gasteiger charge is 2.32. The Morgan fingerprint density at radius 1 is 1.52 bits per heavy atom. The molecule has 0 amide bonds. The minimum atomic E-state index is -0.164. The van der Waals surface area contributed by atoms with Crippen LogP contribution in [0.25, 0.3) is 0 Å². The number of halogens is 1. The van der Waals surface area contributed by atoms with Gasteiger partial charge in [0.15, 0.2) is 5.96 Å². The lowest BCUT2D eigenvalue weighted by Gasteiger charge is -2.37. The van der Waals surface area contributed by atoms with Crippen LogP contribution < -0.4 is 5.32 Å². The number of nitrogens with one attached hydrogen (secondary N) is 1. The molecule has 1 N–H and O–H groups in total. The number of guanidine groups is 1. The number of rotatable bonds is 5. The van der Waals surface area contributed by atoms with E-state index in [2.05, 4.69) is 48.0 Å². The third-order valence-corrected chi connectivity index (χ3v) is 4.89. The van der Waals surface area contributed by atoms with E-state index in [-0.39, 0.29) is 5.60 Å². The Bertz CT molecular complexity index is 538. The van der Waals surface area contributed by atoms with Gasteiger partial charge in [-0.15, -0.1) is 0 Å². The number of hydrogen-bond donors (Lipinski definition) is 1. The zero-order valence-electron chi connectivity index (χ0n) is 14.4. The van der Waals surface area contributed by atoms with Crippen molar-refractivity contribution in [3.63, 3.8) is 0 Å². The highest BCUT2D eigenvalue weighted by atomic mass is 79.9. The first kappa shape index (κ1) is 18.3. The van der Waals surface area contributed by atoms with Gasteiger partial charge in [-0.3, -0.25) is 4.99 Å². The highest BCUT2D eigenvalue weighted by molar-refractivity contribution is 9.10. The van der Waals surface area contributed by atoms with Crippen molar-refractivity contribution < 1.29 is 9.47 Å². The lowest BCUT2D eigenvalue weighted by Crippen LogP contribution is -2.51. The average Bonchev–Trinajstić information content (AvgIpc) is 2.86. The molecule has 0 bridgehead atoms. The molecule has 1 saturated heterocycles. The van der Waals surface area contributed by atoms with E-state index in [0.717, 1.165) is 49.6 Å². The number of nitrogens with zero attached hydrogens (tertiary/aromatic N) is 3. The molecule has 7 heteroatoms.